The van der Waals surface area contributed by atoms with Gasteiger partial charge < -0.3 is 24.8 Å². The number of aromatic nitrogens is 3. The van der Waals surface area contributed by atoms with Crippen LogP contribution in [0.1, 0.15) is 31.4 Å². The average Bonchev–Trinajstić information content (AvgIpc) is 3.03. The zero-order chi connectivity index (χ0) is 18.6. The van der Waals surface area contributed by atoms with Gasteiger partial charge in [0.15, 0.2) is 11.8 Å². The predicted molar refractivity (Wildman–Crippen MR) is 99.3 cm³/mol. The van der Waals surface area contributed by atoms with Gasteiger partial charge in [-0.3, -0.25) is 4.99 Å². The maximum Gasteiger partial charge on any atom is 0.191 e. The van der Waals surface area contributed by atoms with Crippen LogP contribution in [0.4, 0.5) is 0 Å². The second kappa shape index (κ2) is 11.8. The minimum Gasteiger partial charge on any atom is -0.382 e. The number of hydrogen-bond acceptors (Lipinski definition) is 6. The molecule has 1 aliphatic heterocycles. The maximum absolute atomic E-state index is 5.46. The second-order valence-corrected chi connectivity index (χ2v) is 6.16. The summed E-state index contributed by atoms with van der Waals surface area (Å²) >= 11 is 0. The lowest BCUT2D eigenvalue weighted by Gasteiger charge is -2.25. The van der Waals surface area contributed by atoms with E-state index in [0.29, 0.717) is 26.4 Å². The normalized spacial score (nSPS) is 17.2. The van der Waals surface area contributed by atoms with Gasteiger partial charge in [-0.1, -0.05) is 0 Å². The number of guanidine groups is 1. The van der Waals surface area contributed by atoms with Gasteiger partial charge in [0.2, 0.25) is 0 Å². The molecule has 26 heavy (non-hydrogen) atoms. The fourth-order valence-electron chi connectivity index (χ4n) is 2.78. The number of ether oxygens (including phenoxy) is 3. The van der Waals surface area contributed by atoms with Crippen LogP contribution in [0.5, 0.6) is 0 Å². The molecular formula is C17H32N6O3. The maximum atomic E-state index is 5.46. The lowest BCUT2D eigenvalue weighted by atomic mass is 10.1. The largest absolute Gasteiger partial charge is 0.382 e. The van der Waals surface area contributed by atoms with Crippen molar-refractivity contribution in [2.45, 2.75) is 45.4 Å². The van der Waals surface area contributed by atoms with Crippen LogP contribution in [-0.4, -0.2) is 73.9 Å². The highest BCUT2D eigenvalue weighted by Crippen LogP contribution is 2.13. The van der Waals surface area contributed by atoms with Crippen molar-refractivity contribution in [2.75, 3.05) is 47.1 Å². The molecule has 1 atom stereocenters. The molecule has 0 aliphatic carbocycles. The first-order valence-corrected chi connectivity index (χ1v) is 9.29. The van der Waals surface area contributed by atoms with Crippen LogP contribution >= 0.6 is 0 Å². The van der Waals surface area contributed by atoms with E-state index in [1.807, 2.05) is 4.68 Å². The van der Waals surface area contributed by atoms with Gasteiger partial charge in [-0.25, -0.2) is 9.67 Å². The summed E-state index contributed by atoms with van der Waals surface area (Å²) in [5, 5.41) is 11.3. The Kier molecular flexibility index (Phi) is 9.36. The fraction of sp³-hybridized carbons (Fsp3) is 0.824. The molecule has 148 valence electrons. The van der Waals surface area contributed by atoms with E-state index in [2.05, 4.69) is 32.6 Å². The summed E-state index contributed by atoms with van der Waals surface area (Å²) in [6.07, 6.45) is 2.80. The van der Waals surface area contributed by atoms with Gasteiger partial charge in [-0.05, 0) is 19.8 Å². The number of aliphatic imine (C=N–C) groups is 1. The van der Waals surface area contributed by atoms with Crippen LogP contribution < -0.4 is 10.6 Å². The summed E-state index contributed by atoms with van der Waals surface area (Å²) in [6, 6.07) is 0.287. The molecule has 9 heteroatoms. The highest BCUT2D eigenvalue weighted by atomic mass is 16.5. The van der Waals surface area contributed by atoms with Gasteiger partial charge in [0.05, 0.1) is 19.8 Å². The highest BCUT2D eigenvalue weighted by molar-refractivity contribution is 5.80. The molecule has 9 nitrogen and oxygen atoms in total. The number of nitrogens with zero attached hydrogens (tertiary/aromatic N) is 4. The summed E-state index contributed by atoms with van der Waals surface area (Å²) < 4.78 is 17.5. The minimum absolute atomic E-state index is 0.287. The van der Waals surface area contributed by atoms with Crippen molar-refractivity contribution in [3.63, 3.8) is 0 Å². The first kappa shape index (κ1) is 20.6. The van der Waals surface area contributed by atoms with Crippen molar-refractivity contribution in [3.05, 3.63) is 11.6 Å². The summed E-state index contributed by atoms with van der Waals surface area (Å²) in [6.45, 7) is 6.82. The number of rotatable bonds is 11. The number of methoxy groups -OCH3 is 2. The molecule has 2 N–H and O–H groups in total. The fourth-order valence-corrected chi connectivity index (χ4v) is 2.78. The number of nitrogens with one attached hydrogen (secondary N) is 2. The van der Waals surface area contributed by atoms with E-state index in [-0.39, 0.29) is 6.04 Å². The van der Waals surface area contributed by atoms with E-state index >= 15 is 0 Å². The molecule has 0 spiro atoms. The van der Waals surface area contributed by atoms with Crippen LogP contribution in [0.25, 0.3) is 0 Å². The Labute approximate surface area is 155 Å². The van der Waals surface area contributed by atoms with Gasteiger partial charge in [0.1, 0.15) is 12.4 Å². The molecule has 0 fully saturated rings. The van der Waals surface area contributed by atoms with Gasteiger partial charge in [0, 0.05) is 46.4 Å². The molecule has 0 radical (unpaired) electrons. The Bertz CT molecular complexity index is 549. The molecule has 1 aliphatic rings. The Morgan fingerprint density at radius 1 is 1.27 bits per heavy atom. The Morgan fingerprint density at radius 3 is 2.92 bits per heavy atom. The third-order valence-corrected chi connectivity index (χ3v) is 4.01. The SMILES string of the molecule is CCNC(=NCCCOCCOC)NC1CCc2nc(COC)nn2C1. The van der Waals surface area contributed by atoms with Gasteiger partial charge in [-0.2, -0.15) is 5.10 Å². The molecule has 0 aromatic carbocycles. The van der Waals surface area contributed by atoms with Gasteiger partial charge in [0.25, 0.3) is 0 Å². The summed E-state index contributed by atoms with van der Waals surface area (Å²) in [7, 11) is 3.33. The van der Waals surface area contributed by atoms with Crippen molar-refractivity contribution in [1.29, 1.82) is 0 Å². The molecule has 0 amide bonds. The molecule has 1 aromatic heterocycles. The van der Waals surface area contributed by atoms with Crippen molar-refractivity contribution >= 4 is 5.96 Å². The third-order valence-electron chi connectivity index (χ3n) is 4.01. The third kappa shape index (κ3) is 6.89. The Balaban J connectivity index is 1.78. The van der Waals surface area contributed by atoms with E-state index in [9.17, 15) is 0 Å². The molecule has 0 saturated heterocycles. The monoisotopic (exact) mass is 368 g/mol. The molecule has 0 saturated carbocycles. The quantitative estimate of drug-likeness (QED) is 0.330. The van der Waals surface area contributed by atoms with Crippen molar-refractivity contribution in [1.82, 2.24) is 25.4 Å². The van der Waals surface area contributed by atoms with E-state index in [1.165, 1.54) is 0 Å². The van der Waals surface area contributed by atoms with E-state index in [4.69, 9.17) is 14.2 Å². The van der Waals surface area contributed by atoms with Crippen LogP contribution in [0, 0.1) is 0 Å². The predicted octanol–water partition coefficient (Wildman–Crippen LogP) is 0.348. The topological polar surface area (TPSA) is 94.8 Å². The van der Waals surface area contributed by atoms with Crippen LogP contribution in [0.3, 0.4) is 0 Å². The molecule has 1 aromatic rings. The molecule has 0 bridgehead atoms. The summed E-state index contributed by atoms with van der Waals surface area (Å²) in [4.78, 5) is 9.15. The second-order valence-electron chi connectivity index (χ2n) is 6.16. The van der Waals surface area contributed by atoms with Crippen molar-refractivity contribution in [3.8, 4) is 0 Å². The van der Waals surface area contributed by atoms with Crippen molar-refractivity contribution in [2.24, 2.45) is 4.99 Å². The Morgan fingerprint density at radius 2 is 2.15 bits per heavy atom. The first-order chi connectivity index (χ1) is 12.8. The Hall–Kier alpha value is -1.71. The zero-order valence-corrected chi connectivity index (χ0v) is 16.2. The molecule has 2 heterocycles. The number of fused-ring (bicyclic) bond motifs is 1. The molecular weight excluding hydrogens is 336 g/mol. The van der Waals surface area contributed by atoms with Crippen LogP contribution in [0.15, 0.2) is 4.99 Å². The highest BCUT2D eigenvalue weighted by Gasteiger charge is 2.22. The standard InChI is InChI=1S/C17H32N6O3/c1-4-18-17(19-8-5-9-26-11-10-24-2)20-14-6-7-16-21-15(13-25-3)22-23(16)12-14/h14H,4-13H2,1-3H3,(H2,18,19,20). The van der Waals surface area contributed by atoms with E-state index < -0.39 is 0 Å². The lowest BCUT2D eigenvalue weighted by Crippen LogP contribution is -2.47. The number of hydrogen-bond donors (Lipinski definition) is 2. The summed E-state index contributed by atoms with van der Waals surface area (Å²) in [5.41, 5.74) is 0. The summed E-state index contributed by atoms with van der Waals surface area (Å²) in [5.74, 6) is 2.62. The number of aryl methyl sites for hydroxylation is 1. The zero-order valence-electron chi connectivity index (χ0n) is 16.2. The van der Waals surface area contributed by atoms with Crippen molar-refractivity contribution < 1.29 is 14.2 Å². The minimum atomic E-state index is 0.287. The smallest absolute Gasteiger partial charge is 0.191 e. The average molecular weight is 368 g/mol. The molecule has 1 unspecified atom stereocenters. The van der Waals surface area contributed by atoms with Crippen LogP contribution in [0.2, 0.25) is 0 Å². The van der Waals surface area contributed by atoms with E-state index in [0.717, 1.165) is 56.5 Å². The lowest BCUT2D eigenvalue weighted by molar-refractivity contribution is 0.0702. The van der Waals surface area contributed by atoms with E-state index in [1.54, 1.807) is 14.2 Å². The van der Waals surface area contributed by atoms with Crippen LogP contribution in [-0.2, 0) is 33.8 Å². The van der Waals surface area contributed by atoms with Gasteiger partial charge >= 0.3 is 0 Å². The first-order valence-electron chi connectivity index (χ1n) is 9.29. The van der Waals surface area contributed by atoms with Gasteiger partial charge in [-0.15, -0.1) is 0 Å². The molecule has 2 rings (SSSR count).